The molecule has 2 aromatic carbocycles. The van der Waals surface area contributed by atoms with Crippen LogP contribution in [0.2, 0.25) is 0 Å². The molecule has 0 saturated heterocycles. The molecule has 162 valence electrons. The van der Waals surface area contributed by atoms with Gasteiger partial charge in [-0.05, 0) is 24.3 Å². The molecule has 0 radical (unpaired) electrons. The molecule has 3 rings (SSSR count). The Labute approximate surface area is 180 Å². The SMILES string of the molecule is CS(=O)(=O)Nc1ccc(-c2csc(NC(=O)CNC(=O)c3ccc(F)cc3F)n2)cc1. The smallest absolute Gasteiger partial charge is 0.254 e. The Morgan fingerprint density at radius 1 is 1.10 bits per heavy atom. The van der Waals surface area contributed by atoms with Gasteiger partial charge in [-0.2, -0.15) is 0 Å². The Balaban J connectivity index is 1.56. The quantitative estimate of drug-likeness (QED) is 0.495. The fourth-order valence-electron chi connectivity index (χ4n) is 2.48. The monoisotopic (exact) mass is 466 g/mol. The molecule has 0 aliphatic rings. The molecule has 12 heteroatoms. The molecule has 0 saturated carbocycles. The van der Waals surface area contributed by atoms with Crippen molar-refractivity contribution in [1.29, 1.82) is 0 Å². The number of sulfonamides is 1. The number of amides is 2. The van der Waals surface area contributed by atoms with Crippen molar-refractivity contribution < 1.29 is 26.8 Å². The lowest BCUT2D eigenvalue weighted by Gasteiger charge is -2.06. The highest BCUT2D eigenvalue weighted by Gasteiger charge is 2.14. The number of rotatable bonds is 7. The van der Waals surface area contributed by atoms with E-state index in [0.717, 1.165) is 29.7 Å². The van der Waals surface area contributed by atoms with E-state index in [1.165, 1.54) is 0 Å². The van der Waals surface area contributed by atoms with Crippen LogP contribution in [0.1, 0.15) is 10.4 Å². The van der Waals surface area contributed by atoms with Gasteiger partial charge in [0.1, 0.15) is 11.6 Å². The summed E-state index contributed by atoms with van der Waals surface area (Å²) in [4.78, 5) is 28.2. The molecule has 0 aliphatic carbocycles. The Morgan fingerprint density at radius 3 is 2.45 bits per heavy atom. The van der Waals surface area contributed by atoms with Gasteiger partial charge in [-0.1, -0.05) is 12.1 Å². The Morgan fingerprint density at radius 2 is 1.81 bits per heavy atom. The molecule has 8 nitrogen and oxygen atoms in total. The highest BCUT2D eigenvalue weighted by atomic mass is 32.2. The van der Waals surface area contributed by atoms with E-state index in [-0.39, 0.29) is 10.7 Å². The number of nitrogens with one attached hydrogen (secondary N) is 3. The normalized spacial score (nSPS) is 11.1. The van der Waals surface area contributed by atoms with Gasteiger partial charge >= 0.3 is 0 Å². The van der Waals surface area contributed by atoms with Crippen LogP contribution in [0.25, 0.3) is 11.3 Å². The minimum absolute atomic E-state index is 0.278. The first-order valence-electron chi connectivity index (χ1n) is 8.67. The molecule has 0 fully saturated rings. The lowest BCUT2D eigenvalue weighted by atomic mass is 10.1. The molecule has 1 heterocycles. The van der Waals surface area contributed by atoms with Crippen LogP contribution in [-0.4, -0.2) is 38.0 Å². The van der Waals surface area contributed by atoms with Crippen LogP contribution in [-0.2, 0) is 14.8 Å². The van der Waals surface area contributed by atoms with Gasteiger partial charge in [0.15, 0.2) is 5.13 Å². The van der Waals surface area contributed by atoms with Crippen molar-refractivity contribution in [3.8, 4) is 11.3 Å². The topological polar surface area (TPSA) is 117 Å². The predicted molar refractivity (Wildman–Crippen MR) is 113 cm³/mol. The maximum Gasteiger partial charge on any atom is 0.254 e. The van der Waals surface area contributed by atoms with Gasteiger partial charge in [0.2, 0.25) is 15.9 Å². The van der Waals surface area contributed by atoms with E-state index in [2.05, 4.69) is 20.3 Å². The van der Waals surface area contributed by atoms with Gasteiger partial charge < -0.3 is 10.6 Å². The number of benzene rings is 2. The molecule has 2 amide bonds. The van der Waals surface area contributed by atoms with Crippen LogP contribution in [0.5, 0.6) is 0 Å². The van der Waals surface area contributed by atoms with Gasteiger partial charge in [-0.3, -0.25) is 14.3 Å². The zero-order valence-electron chi connectivity index (χ0n) is 16.0. The van der Waals surface area contributed by atoms with Crippen LogP contribution >= 0.6 is 11.3 Å². The number of halogens is 2. The second-order valence-corrected chi connectivity index (χ2v) is 8.95. The highest BCUT2D eigenvalue weighted by Crippen LogP contribution is 2.26. The maximum atomic E-state index is 13.6. The summed E-state index contributed by atoms with van der Waals surface area (Å²) in [5.74, 6) is -3.27. The first-order chi connectivity index (χ1) is 14.6. The van der Waals surface area contributed by atoms with Gasteiger partial charge in [-0.15, -0.1) is 11.3 Å². The van der Waals surface area contributed by atoms with E-state index in [4.69, 9.17) is 0 Å². The summed E-state index contributed by atoms with van der Waals surface area (Å²) in [5, 5.41) is 6.74. The fraction of sp³-hybridized carbons (Fsp3) is 0.105. The summed E-state index contributed by atoms with van der Waals surface area (Å²) in [6, 6.07) is 9.02. The summed E-state index contributed by atoms with van der Waals surface area (Å²) >= 11 is 1.15. The van der Waals surface area contributed by atoms with Crippen LogP contribution in [0.15, 0.2) is 47.8 Å². The van der Waals surface area contributed by atoms with Crippen molar-refractivity contribution >= 4 is 44.0 Å². The zero-order valence-corrected chi connectivity index (χ0v) is 17.6. The van der Waals surface area contributed by atoms with Crippen molar-refractivity contribution in [3.05, 3.63) is 65.0 Å². The molecule has 31 heavy (non-hydrogen) atoms. The number of carbonyl (C=O) groups is 2. The molecular weight excluding hydrogens is 450 g/mol. The van der Waals surface area contributed by atoms with Crippen LogP contribution in [0.4, 0.5) is 19.6 Å². The second-order valence-electron chi connectivity index (χ2n) is 6.34. The lowest BCUT2D eigenvalue weighted by Crippen LogP contribution is -2.33. The highest BCUT2D eigenvalue weighted by molar-refractivity contribution is 7.92. The summed E-state index contributed by atoms with van der Waals surface area (Å²) in [7, 11) is -3.38. The molecule has 3 N–H and O–H groups in total. The van der Waals surface area contributed by atoms with Gasteiger partial charge in [0.05, 0.1) is 24.1 Å². The Hall–Kier alpha value is -3.38. The van der Waals surface area contributed by atoms with E-state index in [0.29, 0.717) is 23.0 Å². The van der Waals surface area contributed by atoms with E-state index in [1.807, 2.05) is 0 Å². The molecule has 1 aromatic heterocycles. The van der Waals surface area contributed by atoms with Crippen LogP contribution < -0.4 is 15.4 Å². The van der Waals surface area contributed by atoms with Crippen molar-refractivity contribution in [3.63, 3.8) is 0 Å². The number of hydrogen-bond donors (Lipinski definition) is 3. The zero-order chi connectivity index (χ0) is 22.6. The van der Waals surface area contributed by atoms with E-state index >= 15 is 0 Å². The Bertz CT molecular complexity index is 1230. The third kappa shape index (κ3) is 6.30. The summed E-state index contributed by atoms with van der Waals surface area (Å²) in [5.41, 5.74) is 1.29. The van der Waals surface area contributed by atoms with Crippen molar-refractivity contribution in [1.82, 2.24) is 10.3 Å². The number of aromatic nitrogens is 1. The van der Waals surface area contributed by atoms with E-state index in [1.54, 1.807) is 29.6 Å². The summed E-state index contributed by atoms with van der Waals surface area (Å²) in [6.45, 7) is -0.434. The maximum absolute atomic E-state index is 13.6. The third-order valence-corrected chi connectivity index (χ3v) is 5.18. The van der Waals surface area contributed by atoms with Gasteiger partial charge in [-0.25, -0.2) is 22.2 Å². The molecular formula is C19H16F2N4O4S2. The number of carbonyl (C=O) groups excluding carboxylic acids is 2. The largest absolute Gasteiger partial charge is 0.343 e. The van der Waals surface area contributed by atoms with Crippen molar-refractivity contribution in [2.45, 2.75) is 0 Å². The fourth-order valence-corrected chi connectivity index (χ4v) is 3.78. The van der Waals surface area contributed by atoms with Crippen LogP contribution in [0, 0.1) is 11.6 Å². The summed E-state index contributed by atoms with van der Waals surface area (Å²) < 4.78 is 51.4. The molecule has 0 atom stereocenters. The van der Waals surface area contributed by atoms with Crippen molar-refractivity contribution in [2.24, 2.45) is 0 Å². The van der Waals surface area contributed by atoms with Gasteiger partial charge in [0.25, 0.3) is 5.91 Å². The summed E-state index contributed by atoms with van der Waals surface area (Å²) in [6.07, 6.45) is 1.05. The number of hydrogen-bond acceptors (Lipinski definition) is 6. The average Bonchev–Trinajstić information content (AvgIpc) is 3.14. The average molecular weight is 466 g/mol. The number of anilines is 2. The molecule has 0 unspecified atom stereocenters. The standard InChI is InChI=1S/C19H16F2N4O4S2/c1-31(28,29)25-13-5-2-11(3-6-13)16-10-30-19(23-16)24-17(26)9-22-18(27)14-7-4-12(20)8-15(14)21/h2-8,10,25H,9H2,1H3,(H,22,27)(H,23,24,26). The first kappa shape index (κ1) is 22.3. The molecule has 3 aromatic rings. The lowest BCUT2D eigenvalue weighted by molar-refractivity contribution is -0.115. The van der Waals surface area contributed by atoms with Crippen LogP contribution in [0.3, 0.4) is 0 Å². The van der Waals surface area contributed by atoms with E-state index in [9.17, 15) is 26.8 Å². The van der Waals surface area contributed by atoms with E-state index < -0.39 is 40.0 Å². The minimum atomic E-state index is -3.38. The van der Waals surface area contributed by atoms with Crippen molar-refractivity contribution in [2.75, 3.05) is 22.8 Å². The minimum Gasteiger partial charge on any atom is -0.343 e. The predicted octanol–water partition coefficient (Wildman–Crippen LogP) is 2.83. The first-order valence-corrected chi connectivity index (χ1v) is 11.4. The molecule has 0 aliphatic heterocycles. The number of thiazole rings is 1. The molecule has 0 spiro atoms. The second kappa shape index (κ2) is 9.18. The van der Waals surface area contributed by atoms with Gasteiger partial charge in [0, 0.05) is 22.7 Å². The molecule has 0 bridgehead atoms. The Kier molecular flexibility index (Phi) is 6.61. The number of nitrogens with zero attached hydrogens (tertiary/aromatic N) is 1. The third-order valence-electron chi connectivity index (χ3n) is 3.82.